The van der Waals surface area contributed by atoms with E-state index < -0.39 is 42.8 Å². The van der Waals surface area contributed by atoms with Gasteiger partial charge in [-0.3, -0.25) is 0 Å². The zero-order valence-corrected chi connectivity index (χ0v) is 12.2. The van der Waals surface area contributed by atoms with Crippen LogP contribution in [-0.2, 0) is 11.2 Å². The van der Waals surface area contributed by atoms with Gasteiger partial charge in [0.05, 0.1) is 12.7 Å². The molecule has 0 amide bonds. The summed E-state index contributed by atoms with van der Waals surface area (Å²) in [6.45, 7) is -0.487. The quantitative estimate of drug-likeness (QED) is 0.545. The molecule has 4 N–H and O–H groups in total. The molecule has 1 saturated heterocycles. The minimum Gasteiger partial charge on any atom is -0.423 e. The van der Waals surface area contributed by atoms with Crippen molar-refractivity contribution < 1.29 is 29.6 Å². The maximum atomic E-state index is 11.7. The number of ether oxygens (including phenoxy) is 1. The number of hydrogen-bond acceptors (Lipinski definition) is 7. The van der Waals surface area contributed by atoms with Crippen molar-refractivity contribution in [2.75, 3.05) is 6.61 Å². The van der Waals surface area contributed by atoms with Crippen molar-refractivity contribution in [2.45, 2.75) is 36.9 Å². The standard InChI is InChI=1S/C16H18O7/c17-7-12-15(20)16(21)14(19)11(22-12)5-8-6-13(18)23-10-4-2-1-3-9(8)10/h1-4,6,11-12,14-17,19-21H,5,7H2/t11-,12+,14-,15-,16+/m0/s1. The Labute approximate surface area is 131 Å². The van der Waals surface area contributed by atoms with Crippen molar-refractivity contribution in [1.82, 2.24) is 0 Å². The highest BCUT2D eigenvalue weighted by Gasteiger charge is 2.43. The summed E-state index contributed by atoms with van der Waals surface area (Å²) >= 11 is 0. The molecule has 2 aromatic rings. The molecular weight excluding hydrogens is 304 g/mol. The van der Waals surface area contributed by atoms with E-state index in [0.29, 0.717) is 16.5 Å². The molecule has 2 heterocycles. The Morgan fingerprint density at radius 3 is 2.43 bits per heavy atom. The molecule has 0 unspecified atom stereocenters. The lowest BCUT2D eigenvalue weighted by Gasteiger charge is -2.40. The van der Waals surface area contributed by atoms with E-state index in [2.05, 4.69) is 0 Å². The summed E-state index contributed by atoms with van der Waals surface area (Å²) in [5.74, 6) is 0. The molecule has 0 bridgehead atoms. The predicted octanol–water partition coefficient (Wildman–Crippen LogP) is -0.822. The molecule has 0 spiro atoms. The van der Waals surface area contributed by atoms with E-state index in [1.165, 1.54) is 6.07 Å². The number of aliphatic hydroxyl groups is 4. The Balaban J connectivity index is 1.93. The second kappa shape index (κ2) is 6.38. The number of para-hydroxylation sites is 1. The lowest BCUT2D eigenvalue weighted by atomic mass is 9.91. The van der Waals surface area contributed by atoms with Crippen LogP contribution in [0, 0.1) is 0 Å². The average Bonchev–Trinajstić information content (AvgIpc) is 2.55. The number of fused-ring (bicyclic) bond motifs is 1. The number of hydrogen-bond donors (Lipinski definition) is 4. The monoisotopic (exact) mass is 322 g/mol. The summed E-state index contributed by atoms with van der Waals surface area (Å²) in [5, 5.41) is 39.7. The van der Waals surface area contributed by atoms with Crippen LogP contribution in [0.1, 0.15) is 5.56 Å². The highest BCUT2D eigenvalue weighted by molar-refractivity contribution is 5.80. The Hall–Kier alpha value is -1.77. The van der Waals surface area contributed by atoms with Crippen LogP contribution in [0.25, 0.3) is 11.0 Å². The SMILES string of the molecule is O=c1cc(C[C@@H]2O[C@H](CO)[C@H](O)[C@H](O)[C@H]2O)c2ccccc2o1. The van der Waals surface area contributed by atoms with E-state index in [1.54, 1.807) is 24.3 Å². The fourth-order valence-electron chi connectivity index (χ4n) is 2.91. The van der Waals surface area contributed by atoms with E-state index in [1.807, 2.05) is 0 Å². The minimum absolute atomic E-state index is 0.133. The zero-order valence-electron chi connectivity index (χ0n) is 12.2. The largest absolute Gasteiger partial charge is 0.423 e. The molecule has 1 aromatic carbocycles. The summed E-state index contributed by atoms with van der Waals surface area (Å²) in [4.78, 5) is 11.7. The smallest absolute Gasteiger partial charge is 0.336 e. The van der Waals surface area contributed by atoms with Gasteiger partial charge in [0.2, 0.25) is 0 Å². The van der Waals surface area contributed by atoms with Crippen molar-refractivity contribution in [2.24, 2.45) is 0 Å². The summed E-state index contributed by atoms with van der Waals surface area (Å²) in [6.07, 6.45) is -5.87. The van der Waals surface area contributed by atoms with Crippen molar-refractivity contribution in [3.05, 3.63) is 46.3 Å². The molecule has 0 aliphatic carbocycles. The molecule has 0 radical (unpaired) electrons. The first kappa shape index (κ1) is 16.1. The van der Waals surface area contributed by atoms with Gasteiger partial charge in [0.15, 0.2) is 0 Å². The third-order valence-electron chi connectivity index (χ3n) is 4.15. The second-order valence-electron chi connectivity index (χ2n) is 5.66. The van der Waals surface area contributed by atoms with Crippen LogP contribution < -0.4 is 5.63 Å². The Bertz CT molecular complexity index is 739. The molecule has 23 heavy (non-hydrogen) atoms. The average molecular weight is 322 g/mol. The molecule has 1 fully saturated rings. The zero-order chi connectivity index (χ0) is 16.6. The lowest BCUT2D eigenvalue weighted by Crippen LogP contribution is -2.59. The van der Waals surface area contributed by atoms with Gasteiger partial charge >= 0.3 is 5.63 Å². The van der Waals surface area contributed by atoms with E-state index in [0.717, 1.165) is 0 Å². The van der Waals surface area contributed by atoms with Gasteiger partial charge < -0.3 is 29.6 Å². The molecule has 7 heteroatoms. The Morgan fingerprint density at radius 2 is 1.70 bits per heavy atom. The highest BCUT2D eigenvalue weighted by atomic mass is 16.5. The Kier molecular flexibility index (Phi) is 4.47. The molecule has 3 rings (SSSR count). The number of rotatable bonds is 3. The van der Waals surface area contributed by atoms with Gasteiger partial charge in [0.1, 0.15) is 30.0 Å². The molecular formula is C16H18O7. The second-order valence-corrected chi connectivity index (χ2v) is 5.66. The number of aliphatic hydroxyl groups excluding tert-OH is 4. The van der Waals surface area contributed by atoms with Crippen molar-refractivity contribution >= 4 is 11.0 Å². The van der Waals surface area contributed by atoms with Crippen LogP contribution in [0.5, 0.6) is 0 Å². The first-order valence-corrected chi connectivity index (χ1v) is 7.33. The Morgan fingerprint density at radius 1 is 1.00 bits per heavy atom. The lowest BCUT2D eigenvalue weighted by molar-refractivity contribution is -0.228. The van der Waals surface area contributed by atoms with Crippen LogP contribution in [0.3, 0.4) is 0 Å². The summed E-state index contributed by atoms with van der Waals surface area (Å²) in [7, 11) is 0. The summed E-state index contributed by atoms with van der Waals surface area (Å²) in [5.41, 5.74) is 0.490. The van der Waals surface area contributed by atoms with Gasteiger partial charge in [-0.05, 0) is 11.6 Å². The van der Waals surface area contributed by atoms with Gasteiger partial charge in [-0.1, -0.05) is 18.2 Å². The maximum absolute atomic E-state index is 11.7. The van der Waals surface area contributed by atoms with Crippen LogP contribution >= 0.6 is 0 Å². The maximum Gasteiger partial charge on any atom is 0.336 e. The minimum atomic E-state index is -1.43. The number of benzene rings is 1. The fraction of sp³-hybridized carbons (Fsp3) is 0.438. The molecule has 0 saturated carbocycles. The third-order valence-corrected chi connectivity index (χ3v) is 4.15. The third kappa shape index (κ3) is 3.01. The molecule has 1 aliphatic rings. The first-order valence-electron chi connectivity index (χ1n) is 7.33. The van der Waals surface area contributed by atoms with Crippen molar-refractivity contribution in [3.8, 4) is 0 Å². The van der Waals surface area contributed by atoms with Gasteiger partial charge in [-0.2, -0.15) is 0 Å². The van der Waals surface area contributed by atoms with E-state index in [-0.39, 0.29) is 6.42 Å². The molecule has 1 aromatic heterocycles. The van der Waals surface area contributed by atoms with E-state index in [9.17, 15) is 25.2 Å². The fourth-order valence-corrected chi connectivity index (χ4v) is 2.91. The van der Waals surface area contributed by atoms with E-state index >= 15 is 0 Å². The predicted molar refractivity (Wildman–Crippen MR) is 80.0 cm³/mol. The molecule has 124 valence electrons. The molecule has 7 nitrogen and oxygen atoms in total. The van der Waals surface area contributed by atoms with Gasteiger partial charge in [-0.25, -0.2) is 4.79 Å². The normalized spacial score (nSPS) is 31.4. The van der Waals surface area contributed by atoms with Crippen LogP contribution in [0.15, 0.2) is 39.5 Å². The van der Waals surface area contributed by atoms with Gasteiger partial charge in [-0.15, -0.1) is 0 Å². The van der Waals surface area contributed by atoms with E-state index in [4.69, 9.17) is 9.15 Å². The van der Waals surface area contributed by atoms with Gasteiger partial charge in [0, 0.05) is 17.9 Å². The summed E-state index contributed by atoms with van der Waals surface area (Å²) < 4.78 is 10.6. The topological polar surface area (TPSA) is 120 Å². The summed E-state index contributed by atoms with van der Waals surface area (Å²) in [6, 6.07) is 8.27. The van der Waals surface area contributed by atoms with Gasteiger partial charge in [0.25, 0.3) is 0 Å². The van der Waals surface area contributed by atoms with Crippen LogP contribution in [0.2, 0.25) is 0 Å². The molecule has 1 aliphatic heterocycles. The van der Waals surface area contributed by atoms with Crippen molar-refractivity contribution in [3.63, 3.8) is 0 Å². The first-order chi connectivity index (χ1) is 11.0. The van der Waals surface area contributed by atoms with Crippen LogP contribution in [-0.4, -0.2) is 57.6 Å². The molecule has 5 atom stereocenters. The van der Waals surface area contributed by atoms with Crippen LogP contribution in [0.4, 0.5) is 0 Å². The highest BCUT2D eigenvalue weighted by Crippen LogP contribution is 2.26. The van der Waals surface area contributed by atoms with Crippen molar-refractivity contribution in [1.29, 1.82) is 0 Å².